The van der Waals surface area contributed by atoms with Crippen LogP contribution in [0.5, 0.6) is 0 Å². The fraction of sp³-hybridized carbons (Fsp3) is 0.150. The molecule has 0 aliphatic carbocycles. The Morgan fingerprint density at radius 2 is 1.93 bits per heavy atom. The minimum atomic E-state index is -0.270. The summed E-state index contributed by atoms with van der Waals surface area (Å²) in [6.45, 7) is 1.96. The van der Waals surface area contributed by atoms with Gasteiger partial charge in [0.15, 0.2) is 5.16 Å². The fourth-order valence-electron chi connectivity index (χ4n) is 2.52. The van der Waals surface area contributed by atoms with Crippen LogP contribution >= 0.6 is 11.8 Å². The van der Waals surface area contributed by atoms with Crippen molar-refractivity contribution in [2.24, 2.45) is 7.05 Å². The van der Waals surface area contributed by atoms with Gasteiger partial charge in [0.1, 0.15) is 0 Å². The molecule has 0 atom stereocenters. The molecule has 2 N–H and O–H groups in total. The first kappa shape index (κ1) is 18.7. The third-order valence-corrected chi connectivity index (χ3v) is 4.89. The number of para-hydroxylation sites is 1. The van der Waals surface area contributed by atoms with Crippen molar-refractivity contribution >= 4 is 35.0 Å². The van der Waals surface area contributed by atoms with Crippen LogP contribution in [-0.4, -0.2) is 27.1 Å². The number of hydrogen-bond acceptors (Lipinski definition) is 4. The lowest BCUT2D eigenvalue weighted by Gasteiger charge is -2.12. The predicted octanol–water partition coefficient (Wildman–Crippen LogP) is 3.71. The van der Waals surface area contributed by atoms with Crippen LogP contribution in [0.25, 0.3) is 0 Å². The summed E-state index contributed by atoms with van der Waals surface area (Å²) in [5.74, 6) is -0.259. The van der Waals surface area contributed by atoms with Gasteiger partial charge in [-0.05, 0) is 36.8 Å². The van der Waals surface area contributed by atoms with Gasteiger partial charge >= 0.3 is 0 Å². The van der Waals surface area contributed by atoms with Crippen LogP contribution in [0.3, 0.4) is 0 Å². The Kier molecular flexibility index (Phi) is 5.93. The summed E-state index contributed by atoms with van der Waals surface area (Å²) in [5.41, 5.74) is 2.66. The van der Waals surface area contributed by atoms with Gasteiger partial charge in [-0.3, -0.25) is 9.59 Å². The van der Waals surface area contributed by atoms with Gasteiger partial charge in [-0.15, -0.1) is 0 Å². The first-order valence-electron chi connectivity index (χ1n) is 8.40. The highest BCUT2D eigenvalue weighted by Crippen LogP contribution is 2.20. The lowest BCUT2D eigenvalue weighted by molar-refractivity contribution is -0.113. The van der Waals surface area contributed by atoms with E-state index < -0.39 is 0 Å². The van der Waals surface area contributed by atoms with E-state index in [1.165, 1.54) is 11.8 Å². The van der Waals surface area contributed by atoms with Crippen molar-refractivity contribution in [2.45, 2.75) is 12.1 Å². The molecule has 2 aromatic carbocycles. The summed E-state index contributed by atoms with van der Waals surface area (Å²) in [6.07, 6.45) is 3.51. The second-order valence-corrected chi connectivity index (χ2v) is 6.97. The second-order valence-electron chi connectivity index (χ2n) is 6.03. The maximum atomic E-state index is 12.6. The zero-order chi connectivity index (χ0) is 19.2. The van der Waals surface area contributed by atoms with Crippen molar-refractivity contribution in [2.75, 3.05) is 16.4 Å². The minimum Gasteiger partial charge on any atom is -0.329 e. The predicted molar refractivity (Wildman–Crippen MR) is 108 cm³/mol. The van der Waals surface area contributed by atoms with E-state index in [-0.39, 0.29) is 17.6 Å². The van der Waals surface area contributed by atoms with Gasteiger partial charge in [-0.25, -0.2) is 4.98 Å². The molecule has 0 radical (unpaired) electrons. The molecule has 0 spiro atoms. The molecule has 2 amide bonds. The molecule has 0 aliphatic heterocycles. The molecule has 0 fully saturated rings. The lowest BCUT2D eigenvalue weighted by Crippen LogP contribution is -2.19. The average Bonchev–Trinajstić information content (AvgIpc) is 3.05. The summed E-state index contributed by atoms with van der Waals surface area (Å²) in [4.78, 5) is 29.1. The minimum absolute atomic E-state index is 0.196. The molecule has 0 saturated heterocycles. The van der Waals surface area contributed by atoms with E-state index in [4.69, 9.17) is 0 Å². The molecule has 0 unspecified atom stereocenters. The molecule has 3 rings (SSSR count). The van der Waals surface area contributed by atoms with Crippen LogP contribution in [0.2, 0.25) is 0 Å². The number of imidazole rings is 1. The number of aromatic nitrogens is 2. The monoisotopic (exact) mass is 380 g/mol. The van der Waals surface area contributed by atoms with Gasteiger partial charge < -0.3 is 15.2 Å². The van der Waals surface area contributed by atoms with Gasteiger partial charge in [-0.1, -0.05) is 36.0 Å². The molecular formula is C20H20N4O2S. The van der Waals surface area contributed by atoms with Gasteiger partial charge in [-0.2, -0.15) is 0 Å². The van der Waals surface area contributed by atoms with E-state index in [9.17, 15) is 9.59 Å². The van der Waals surface area contributed by atoms with Crippen LogP contribution in [0.15, 0.2) is 66.1 Å². The quantitative estimate of drug-likeness (QED) is 0.639. The number of nitrogens with zero attached hydrogens (tertiary/aromatic N) is 2. The highest BCUT2D eigenvalue weighted by molar-refractivity contribution is 7.99. The van der Waals surface area contributed by atoms with Crippen molar-refractivity contribution in [1.29, 1.82) is 0 Å². The van der Waals surface area contributed by atoms with Crippen molar-refractivity contribution < 1.29 is 9.59 Å². The van der Waals surface area contributed by atoms with Crippen LogP contribution in [0.1, 0.15) is 15.9 Å². The van der Waals surface area contributed by atoms with Crippen molar-refractivity contribution in [3.05, 3.63) is 72.1 Å². The number of benzene rings is 2. The molecule has 0 aliphatic rings. The van der Waals surface area contributed by atoms with Crippen LogP contribution in [0, 0.1) is 6.92 Å². The van der Waals surface area contributed by atoms with Crippen LogP contribution in [-0.2, 0) is 11.8 Å². The van der Waals surface area contributed by atoms with Gasteiger partial charge in [0, 0.05) is 25.1 Å². The normalized spacial score (nSPS) is 10.4. The Labute approximate surface area is 162 Å². The molecule has 138 valence electrons. The molecule has 6 nitrogen and oxygen atoms in total. The Morgan fingerprint density at radius 1 is 1.11 bits per heavy atom. The SMILES string of the molecule is Cc1cccc(NC(=O)c2ccccc2NC(=O)CSc2nccn2C)c1. The number of aryl methyl sites for hydroxylation is 2. The maximum absolute atomic E-state index is 12.6. The number of anilines is 2. The van der Waals surface area contributed by atoms with E-state index in [1.54, 1.807) is 30.5 Å². The van der Waals surface area contributed by atoms with Gasteiger partial charge in [0.2, 0.25) is 5.91 Å². The number of rotatable bonds is 6. The first-order chi connectivity index (χ1) is 13.0. The highest BCUT2D eigenvalue weighted by Gasteiger charge is 2.14. The number of amides is 2. The molecular weight excluding hydrogens is 360 g/mol. The number of carbonyl (C=O) groups is 2. The second kappa shape index (κ2) is 8.55. The molecule has 1 aromatic heterocycles. The zero-order valence-corrected chi connectivity index (χ0v) is 15.9. The summed E-state index contributed by atoms with van der Waals surface area (Å²) in [6, 6.07) is 14.5. The van der Waals surface area contributed by atoms with E-state index >= 15 is 0 Å². The highest BCUT2D eigenvalue weighted by atomic mass is 32.2. The largest absolute Gasteiger partial charge is 0.329 e. The van der Waals surface area contributed by atoms with E-state index in [0.29, 0.717) is 16.9 Å². The van der Waals surface area contributed by atoms with Gasteiger partial charge in [0.25, 0.3) is 5.91 Å². The topological polar surface area (TPSA) is 76.0 Å². The Bertz CT molecular complexity index is 968. The molecule has 0 bridgehead atoms. The summed E-state index contributed by atoms with van der Waals surface area (Å²) >= 11 is 1.34. The number of carbonyl (C=O) groups excluding carboxylic acids is 2. The average molecular weight is 380 g/mol. The zero-order valence-electron chi connectivity index (χ0n) is 15.1. The molecule has 1 heterocycles. The van der Waals surface area contributed by atoms with Crippen molar-refractivity contribution in [3.8, 4) is 0 Å². The fourth-order valence-corrected chi connectivity index (χ4v) is 3.25. The van der Waals surface area contributed by atoms with Crippen LogP contribution in [0.4, 0.5) is 11.4 Å². The number of hydrogen-bond donors (Lipinski definition) is 2. The third kappa shape index (κ3) is 4.98. The number of nitrogens with one attached hydrogen (secondary N) is 2. The van der Waals surface area contributed by atoms with E-state index in [2.05, 4.69) is 15.6 Å². The molecule has 7 heteroatoms. The molecule has 27 heavy (non-hydrogen) atoms. The van der Waals surface area contributed by atoms with Crippen LogP contribution < -0.4 is 10.6 Å². The Morgan fingerprint density at radius 3 is 2.67 bits per heavy atom. The van der Waals surface area contributed by atoms with Crippen molar-refractivity contribution in [1.82, 2.24) is 9.55 Å². The molecule has 3 aromatic rings. The smallest absolute Gasteiger partial charge is 0.257 e. The van der Waals surface area contributed by atoms with E-state index in [1.807, 2.05) is 49.0 Å². The maximum Gasteiger partial charge on any atom is 0.257 e. The summed E-state index contributed by atoms with van der Waals surface area (Å²) < 4.78 is 1.85. The standard InChI is InChI=1S/C20H20N4O2S/c1-14-6-5-7-15(12-14)22-19(26)16-8-3-4-9-17(16)23-18(25)13-27-20-21-10-11-24(20)2/h3-12H,13H2,1-2H3,(H,22,26)(H,23,25). The number of thioether (sulfide) groups is 1. The van der Waals surface area contributed by atoms with Crippen molar-refractivity contribution in [3.63, 3.8) is 0 Å². The molecule has 0 saturated carbocycles. The summed E-state index contributed by atoms with van der Waals surface area (Å²) in [7, 11) is 1.87. The third-order valence-electron chi connectivity index (χ3n) is 3.83. The lowest BCUT2D eigenvalue weighted by atomic mass is 10.1. The van der Waals surface area contributed by atoms with Gasteiger partial charge in [0.05, 0.1) is 17.0 Å². The summed E-state index contributed by atoms with van der Waals surface area (Å²) in [5, 5.41) is 6.44. The Balaban J connectivity index is 1.67. The Hall–Kier alpha value is -3.06. The first-order valence-corrected chi connectivity index (χ1v) is 9.38. The van der Waals surface area contributed by atoms with E-state index in [0.717, 1.165) is 10.7 Å².